The number of aromatic nitrogens is 1. The fourth-order valence-corrected chi connectivity index (χ4v) is 1.77. The Morgan fingerprint density at radius 1 is 1.35 bits per heavy atom. The van der Waals surface area contributed by atoms with E-state index in [9.17, 15) is 13.2 Å². The fraction of sp³-hybridized carbons (Fsp3) is 0.500. The van der Waals surface area contributed by atoms with Gasteiger partial charge in [-0.2, -0.15) is 13.2 Å². The summed E-state index contributed by atoms with van der Waals surface area (Å²) in [5, 5.41) is 0. The minimum absolute atomic E-state index is 0.0768. The third-order valence-corrected chi connectivity index (χ3v) is 2.74. The smallest absolute Gasteiger partial charge is 0.353 e. The van der Waals surface area contributed by atoms with Crippen molar-refractivity contribution in [1.82, 2.24) is 4.98 Å². The lowest BCUT2D eigenvalue weighted by Gasteiger charge is -2.21. The minimum Gasteiger partial charge on any atom is -0.353 e. The molecule has 2 heterocycles. The Bertz CT molecular complexity index is 499. The van der Waals surface area contributed by atoms with Crippen LogP contribution in [0, 0.1) is 11.8 Å². The molecule has 108 valence electrons. The number of ether oxygens (including phenoxy) is 2. The summed E-state index contributed by atoms with van der Waals surface area (Å²) in [6.45, 7) is 0.788. The first-order chi connectivity index (χ1) is 9.55. The van der Waals surface area contributed by atoms with Gasteiger partial charge in [-0.05, 0) is 37.3 Å². The molecular formula is C14H14F3NO2. The SMILES string of the molecule is FC(F)(F)c1cccc(C#CCOC2CCCCO2)n1. The van der Waals surface area contributed by atoms with Gasteiger partial charge in [0.25, 0.3) is 0 Å². The van der Waals surface area contributed by atoms with Crippen LogP contribution in [-0.2, 0) is 15.7 Å². The highest BCUT2D eigenvalue weighted by atomic mass is 19.4. The molecule has 0 radical (unpaired) electrons. The number of hydrogen-bond acceptors (Lipinski definition) is 3. The highest BCUT2D eigenvalue weighted by molar-refractivity contribution is 5.29. The number of rotatable bonds is 2. The van der Waals surface area contributed by atoms with Crippen molar-refractivity contribution in [1.29, 1.82) is 0 Å². The van der Waals surface area contributed by atoms with Crippen LogP contribution in [0.1, 0.15) is 30.7 Å². The summed E-state index contributed by atoms with van der Waals surface area (Å²) < 4.78 is 48.0. The van der Waals surface area contributed by atoms with Crippen LogP contribution in [0.5, 0.6) is 0 Å². The molecule has 1 unspecified atom stereocenters. The number of hydrogen-bond donors (Lipinski definition) is 0. The lowest BCUT2D eigenvalue weighted by Crippen LogP contribution is -2.22. The van der Waals surface area contributed by atoms with Crippen molar-refractivity contribution in [2.45, 2.75) is 31.7 Å². The van der Waals surface area contributed by atoms with Gasteiger partial charge in [0.2, 0.25) is 0 Å². The molecule has 1 fully saturated rings. The lowest BCUT2D eigenvalue weighted by atomic mass is 10.2. The van der Waals surface area contributed by atoms with E-state index in [1.54, 1.807) is 0 Å². The van der Waals surface area contributed by atoms with Crippen molar-refractivity contribution in [3.63, 3.8) is 0 Å². The molecule has 1 aromatic heterocycles. The molecule has 0 N–H and O–H groups in total. The second kappa shape index (κ2) is 6.73. The summed E-state index contributed by atoms with van der Waals surface area (Å²) in [7, 11) is 0. The number of nitrogens with zero attached hydrogens (tertiary/aromatic N) is 1. The van der Waals surface area contributed by atoms with Crippen molar-refractivity contribution >= 4 is 0 Å². The second-order valence-electron chi connectivity index (χ2n) is 4.31. The Balaban J connectivity index is 1.88. The zero-order valence-corrected chi connectivity index (χ0v) is 10.7. The van der Waals surface area contributed by atoms with E-state index in [-0.39, 0.29) is 18.6 Å². The predicted octanol–water partition coefficient (Wildman–Crippen LogP) is 3.00. The molecule has 1 aliphatic heterocycles. The predicted molar refractivity (Wildman–Crippen MR) is 65.7 cm³/mol. The molecule has 6 heteroatoms. The van der Waals surface area contributed by atoms with Crippen molar-refractivity contribution in [3.8, 4) is 11.8 Å². The van der Waals surface area contributed by atoms with Crippen LogP contribution in [0.15, 0.2) is 18.2 Å². The first-order valence-corrected chi connectivity index (χ1v) is 6.32. The molecule has 0 bridgehead atoms. The maximum Gasteiger partial charge on any atom is 0.433 e. The van der Waals surface area contributed by atoms with Gasteiger partial charge in [0.15, 0.2) is 6.29 Å². The van der Waals surface area contributed by atoms with Gasteiger partial charge in [-0.1, -0.05) is 12.0 Å². The molecule has 0 saturated carbocycles. The van der Waals surface area contributed by atoms with Gasteiger partial charge in [0.05, 0.1) is 0 Å². The van der Waals surface area contributed by atoms with Gasteiger partial charge >= 0.3 is 6.18 Å². The Hall–Kier alpha value is -1.58. The Labute approximate surface area is 115 Å². The molecule has 3 nitrogen and oxygen atoms in total. The number of pyridine rings is 1. The summed E-state index contributed by atoms with van der Waals surface area (Å²) in [6.07, 6.45) is -1.81. The first kappa shape index (κ1) is 14.8. The maximum absolute atomic E-state index is 12.4. The average molecular weight is 285 g/mol. The average Bonchev–Trinajstić information content (AvgIpc) is 2.44. The summed E-state index contributed by atoms with van der Waals surface area (Å²) >= 11 is 0. The van der Waals surface area contributed by atoms with E-state index in [4.69, 9.17) is 9.47 Å². The van der Waals surface area contributed by atoms with Gasteiger partial charge in [-0.25, -0.2) is 4.98 Å². The summed E-state index contributed by atoms with van der Waals surface area (Å²) in [5.74, 6) is 5.20. The minimum atomic E-state index is -4.45. The van der Waals surface area contributed by atoms with E-state index >= 15 is 0 Å². The summed E-state index contributed by atoms with van der Waals surface area (Å²) in [6, 6.07) is 3.63. The van der Waals surface area contributed by atoms with Gasteiger partial charge in [-0.3, -0.25) is 0 Å². The zero-order chi connectivity index (χ0) is 14.4. The standard InChI is InChI=1S/C14H14F3NO2/c15-14(16,17)12-7-3-5-11(18-12)6-4-10-20-13-8-1-2-9-19-13/h3,5,7,13H,1-2,8-10H2. The van der Waals surface area contributed by atoms with E-state index < -0.39 is 11.9 Å². The van der Waals surface area contributed by atoms with Crippen LogP contribution >= 0.6 is 0 Å². The fourth-order valence-electron chi connectivity index (χ4n) is 1.77. The third-order valence-electron chi connectivity index (χ3n) is 2.74. The van der Waals surface area contributed by atoms with E-state index in [2.05, 4.69) is 16.8 Å². The Morgan fingerprint density at radius 2 is 2.20 bits per heavy atom. The quantitative estimate of drug-likeness (QED) is 0.783. The van der Waals surface area contributed by atoms with Crippen molar-refractivity contribution in [2.24, 2.45) is 0 Å². The first-order valence-electron chi connectivity index (χ1n) is 6.32. The van der Waals surface area contributed by atoms with Gasteiger partial charge in [0, 0.05) is 6.61 Å². The Kier molecular flexibility index (Phi) is 4.99. The summed E-state index contributed by atoms with van der Waals surface area (Å²) in [5.41, 5.74) is -0.867. The maximum atomic E-state index is 12.4. The van der Waals surface area contributed by atoms with Crippen LogP contribution in [0.3, 0.4) is 0 Å². The molecule has 0 spiro atoms. The highest BCUT2D eigenvalue weighted by Gasteiger charge is 2.32. The van der Waals surface area contributed by atoms with Crippen LogP contribution in [0.2, 0.25) is 0 Å². The van der Waals surface area contributed by atoms with E-state index in [0.717, 1.165) is 25.3 Å². The Morgan fingerprint density at radius 3 is 2.90 bits per heavy atom. The normalized spacial score (nSPS) is 19.2. The molecule has 1 saturated heterocycles. The van der Waals surface area contributed by atoms with Crippen LogP contribution in [0.4, 0.5) is 13.2 Å². The molecule has 1 aliphatic rings. The van der Waals surface area contributed by atoms with E-state index in [1.807, 2.05) is 0 Å². The van der Waals surface area contributed by atoms with Crippen molar-refractivity contribution in [2.75, 3.05) is 13.2 Å². The highest BCUT2D eigenvalue weighted by Crippen LogP contribution is 2.27. The summed E-state index contributed by atoms with van der Waals surface area (Å²) in [4.78, 5) is 3.44. The van der Waals surface area contributed by atoms with Gasteiger partial charge in [-0.15, -0.1) is 0 Å². The number of alkyl halides is 3. The van der Waals surface area contributed by atoms with Gasteiger partial charge < -0.3 is 9.47 Å². The van der Waals surface area contributed by atoms with Crippen LogP contribution < -0.4 is 0 Å². The second-order valence-corrected chi connectivity index (χ2v) is 4.31. The molecule has 1 atom stereocenters. The lowest BCUT2D eigenvalue weighted by molar-refractivity contribution is -0.154. The van der Waals surface area contributed by atoms with Crippen molar-refractivity contribution < 1.29 is 22.6 Å². The molecule has 0 aromatic carbocycles. The zero-order valence-electron chi connectivity index (χ0n) is 10.7. The molecule has 1 aromatic rings. The molecular weight excluding hydrogens is 271 g/mol. The van der Waals surface area contributed by atoms with Crippen molar-refractivity contribution in [3.05, 3.63) is 29.6 Å². The number of halogens is 3. The molecule has 0 amide bonds. The van der Waals surface area contributed by atoms with E-state index in [0.29, 0.717) is 6.61 Å². The monoisotopic (exact) mass is 285 g/mol. The largest absolute Gasteiger partial charge is 0.433 e. The topological polar surface area (TPSA) is 31.4 Å². The van der Waals surface area contributed by atoms with Crippen LogP contribution in [-0.4, -0.2) is 24.5 Å². The van der Waals surface area contributed by atoms with Gasteiger partial charge in [0.1, 0.15) is 18.0 Å². The third kappa shape index (κ3) is 4.51. The molecule has 20 heavy (non-hydrogen) atoms. The molecule has 2 rings (SSSR count). The molecule has 0 aliphatic carbocycles. The van der Waals surface area contributed by atoms with Crippen LogP contribution in [0.25, 0.3) is 0 Å². The van der Waals surface area contributed by atoms with E-state index in [1.165, 1.54) is 12.1 Å².